The number of aliphatic hydroxyl groups is 1. The second kappa shape index (κ2) is 6.27. The quantitative estimate of drug-likeness (QED) is 0.849. The molecule has 0 aliphatic carbocycles. The van der Waals surface area contributed by atoms with Crippen molar-refractivity contribution in [2.75, 3.05) is 11.4 Å². The third-order valence-electron chi connectivity index (χ3n) is 2.78. The van der Waals surface area contributed by atoms with Gasteiger partial charge in [-0.05, 0) is 26.8 Å². The van der Waals surface area contributed by atoms with Crippen LogP contribution in [0.2, 0.25) is 0 Å². The molecular formula is C14H20N2O. The molecule has 0 saturated carbocycles. The molecule has 17 heavy (non-hydrogen) atoms. The molecule has 0 spiro atoms. The predicted molar refractivity (Wildman–Crippen MR) is 69.8 cm³/mol. The maximum absolute atomic E-state index is 9.77. The van der Waals surface area contributed by atoms with Crippen LogP contribution >= 0.6 is 0 Å². The van der Waals surface area contributed by atoms with E-state index in [4.69, 9.17) is 5.26 Å². The Bertz CT molecular complexity index is 393. The lowest BCUT2D eigenvalue weighted by Gasteiger charge is -2.30. The van der Waals surface area contributed by atoms with Crippen molar-refractivity contribution in [1.82, 2.24) is 0 Å². The van der Waals surface area contributed by atoms with Gasteiger partial charge in [-0.1, -0.05) is 18.2 Å². The molecule has 0 heterocycles. The summed E-state index contributed by atoms with van der Waals surface area (Å²) in [5, 5.41) is 18.5. The van der Waals surface area contributed by atoms with Gasteiger partial charge in [-0.15, -0.1) is 0 Å². The Hall–Kier alpha value is -1.53. The first-order valence-electron chi connectivity index (χ1n) is 5.98. The normalized spacial score (nSPS) is 12.2. The van der Waals surface area contributed by atoms with Crippen molar-refractivity contribution in [3.05, 3.63) is 29.8 Å². The second-order valence-corrected chi connectivity index (χ2v) is 4.43. The van der Waals surface area contributed by atoms with Gasteiger partial charge in [0.2, 0.25) is 0 Å². The predicted octanol–water partition coefficient (Wildman–Crippen LogP) is 2.87. The highest BCUT2D eigenvalue weighted by Gasteiger charge is 2.15. The molecule has 1 N–H and O–H groups in total. The summed E-state index contributed by atoms with van der Waals surface area (Å²) in [5.41, 5.74) is 1.94. The molecule has 0 saturated heterocycles. The summed E-state index contributed by atoms with van der Waals surface area (Å²) in [5.74, 6) is 0. The molecular weight excluding hydrogens is 212 g/mol. The standard InChI is InChI=1S/C14H20N2O/c1-11(2)16(10-6-9-15)14-8-5-4-7-13(14)12(3)17/h4-5,7-8,11-12,17H,6,10H2,1-3H3. The molecule has 1 rings (SSSR count). The van der Waals surface area contributed by atoms with E-state index in [-0.39, 0.29) is 0 Å². The Morgan fingerprint density at radius 1 is 1.29 bits per heavy atom. The van der Waals surface area contributed by atoms with Gasteiger partial charge >= 0.3 is 0 Å². The fourth-order valence-electron chi connectivity index (χ4n) is 1.93. The largest absolute Gasteiger partial charge is 0.389 e. The summed E-state index contributed by atoms with van der Waals surface area (Å²) >= 11 is 0. The molecule has 0 amide bonds. The van der Waals surface area contributed by atoms with Gasteiger partial charge < -0.3 is 10.0 Å². The molecule has 0 aliphatic heterocycles. The average Bonchev–Trinajstić information content (AvgIpc) is 2.29. The second-order valence-electron chi connectivity index (χ2n) is 4.43. The van der Waals surface area contributed by atoms with Crippen molar-refractivity contribution in [3.8, 4) is 6.07 Å². The van der Waals surface area contributed by atoms with E-state index in [1.807, 2.05) is 24.3 Å². The molecule has 3 nitrogen and oxygen atoms in total. The molecule has 0 aliphatic rings. The van der Waals surface area contributed by atoms with Crippen molar-refractivity contribution in [2.24, 2.45) is 0 Å². The van der Waals surface area contributed by atoms with Crippen LogP contribution in [-0.4, -0.2) is 17.7 Å². The number of para-hydroxylation sites is 1. The summed E-state index contributed by atoms with van der Waals surface area (Å²) in [6, 6.07) is 10.3. The first-order valence-corrected chi connectivity index (χ1v) is 5.98. The number of aliphatic hydroxyl groups excluding tert-OH is 1. The number of benzene rings is 1. The number of nitriles is 1. The van der Waals surface area contributed by atoms with Gasteiger partial charge in [-0.25, -0.2) is 0 Å². The highest BCUT2D eigenvalue weighted by molar-refractivity contribution is 5.55. The lowest BCUT2D eigenvalue weighted by atomic mass is 10.1. The van der Waals surface area contributed by atoms with E-state index in [0.29, 0.717) is 19.0 Å². The monoisotopic (exact) mass is 232 g/mol. The topological polar surface area (TPSA) is 47.3 Å². The van der Waals surface area contributed by atoms with Gasteiger partial charge in [0, 0.05) is 23.8 Å². The fourth-order valence-corrected chi connectivity index (χ4v) is 1.93. The minimum absolute atomic E-state index is 0.309. The van der Waals surface area contributed by atoms with Crippen molar-refractivity contribution in [1.29, 1.82) is 5.26 Å². The molecule has 1 aromatic carbocycles. The zero-order valence-electron chi connectivity index (χ0n) is 10.7. The van der Waals surface area contributed by atoms with E-state index >= 15 is 0 Å². The summed E-state index contributed by atoms with van der Waals surface area (Å²) in [7, 11) is 0. The van der Waals surface area contributed by atoms with E-state index < -0.39 is 6.10 Å². The highest BCUT2D eigenvalue weighted by atomic mass is 16.3. The van der Waals surface area contributed by atoms with Crippen LogP contribution < -0.4 is 4.90 Å². The number of hydrogen-bond donors (Lipinski definition) is 1. The molecule has 3 heteroatoms. The van der Waals surface area contributed by atoms with Gasteiger partial charge in [0.05, 0.1) is 18.6 Å². The van der Waals surface area contributed by atoms with E-state index in [0.717, 1.165) is 11.3 Å². The molecule has 1 aromatic rings. The van der Waals surface area contributed by atoms with Crippen LogP contribution in [0, 0.1) is 11.3 Å². The van der Waals surface area contributed by atoms with Crippen LogP contribution in [0.1, 0.15) is 38.9 Å². The number of rotatable bonds is 5. The minimum Gasteiger partial charge on any atom is -0.389 e. The Morgan fingerprint density at radius 3 is 2.47 bits per heavy atom. The summed E-state index contributed by atoms with van der Waals surface area (Å²) < 4.78 is 0. The van der Waals surface area contributed by atoms with Gasteiger partial charge in [0.25, 0.3) is 0 Å². The van der Waals surface area contributed by atoms with Crippen LogP contribution in [0.25, 0.3) is 0 Å². The van der Waals surface area contributed by atoms with Gasteiger partial charge in [-0.2, -0.15) is 5.26 Å². The zero-order valence-corrected chi connectivity index (χ0v) is 10.7. The molecule has 0 bridgehead atoms. The van der Waals surface area contributed by atoms with Crippen LogP contribution in [0.3, 0.4) is 0 Å². The number of anilines is 1. The average molecular weight is 232 g/mol. The maximum Gasteiger partial charge on any atom is 0.0781 e. The molecule has 1 atom stereocenters. The Balaban J connectivity index is 3.05. The highest BCUT2D eigenvalue weighted by Crippen LogP contribution is 2.27. The first kappa shape index (κ1) is 13.5. The molecule has 0 aromatic heterocycles. The fraction of sp³-hybridized carbons (Fsp3) is 0.500. The van der Waals surface area contributed by atoms with Crippen molar-refractivity contribution in [2.45, 2.75) is 39.3 Å². The lowest BCUT2D eigenvalue weighted by molar-refractivity contribution is 0.199. The Morgan fingerprint density at radius 2 is 1.94 bits per heavy atom. The van der Waals surface area contributed by atoms with E-state index in [1.54, 1.807) is 6.92 Å². The first-order chi connectivity index (χ1) is 8.07. The molecule has 0 fully saturated rings. The lowest BCUT2D eigenvalue weighted by Crippen LogP contribution is -2.32. The van der Waals surface area contributed by atoms with E-state index in [9.17, 15) is 5.11 Å². The minimum atomic E-state index is -0.491. The van der Waals surface area contributed by atoms with Crippen molar-refractivity contribution >= 4 is 5.69 Å². The Kier molecular flexibility index (Phi) is 4.99. The number of hydrogen-bond acceptors (Lipinski definition) is 3. The maximum atomic E-state index is 9.77. The molecule has 1 unspecified atom stereocenters. The smallest absolute Gasteiger partial charge is 0.0781 e. The van der Waals surface area contributed by atoms with Gasteiger partial charge in [0.15, 0.2) is 0 Å². The SMILES string of the molecule is CC(O)c1ccccc1N(CCC#N)C(C)C. The van der Waals surface area contributed by atoms with Crippen LogP contribution in [0.4, 0.5) is 5.69 Å². The van der Waals surface area contributed by atoms with Gasteiger partial charge in [0.1, 0.15) is 0 Å². The van der Waals surface area contributed by atoms with Crippen molar-refractivity contribution in [3.63, 3.8) is 0 Å². The van der Waals surface area contributed by atoms with Crippen LogP contribution in [-0.2, 0) is 0 Å². The zero-order chi connectivity index (χ0) is 12.8. The summed E-state index contributed by atoms with van der Waals surface area (Å²) in [6.07, 6.45) is 0.00121. The molecule has 0 radical (unpaired) electrons. The summed E-state index contributed by atoms with van der Waals surface area (Å²) in [6.45, 7) is 6.64. The van der Waals surface area contributed by atoms with Crippen molar-refractivity contribution < 1.29 is 5.11 Å². The van der Waals surface area contributed by atoms with Gasteiger partial charge in [-0.3, -0.25) is 0 Å². The summed E-state index contributed by atoms with van der Waals surface area (Å²) in [4.78, 5) is 2.16. The van der Waals surface area contributed by atoms with Crippen LogP contribution in [0.15, 0.2) is 24.3 Å². The van der Waals surface area contributed by atoms with E-state index in [1.165, 1.54) is 0 Å². The van der Waals surface area contributed by atoms with E-state index in [2.05, 4.69) is 24.8 Å². The number of nitrogens with zero attached hydrogens (tertiary/aromatic N) is 2. The third-order valence-corrected chi connectivity index (χ3v) is 2.78. The third kappa shape index (κ3) is 3.47. The van der Waals surface area contributed by atoms with Crippen LogP contribution in [0.5, 0.6) is 0 Å². The molecule has 92 valence electrons. The Labute approximate surface area is 103 Å².